The van der Waals surface area contributed by atoms with Crippen molar-refractivity contribution in [2.75, 3.05) is 13.1 Å². The Hall–Kier alpha value is 0.430. The molecular weight excluding hydrogens is 549 g/mol. The van der Waals surface area contributed by atoms with Crippen LogP contribution in [-0.2, 0) is 4.79 Å². The van der Waals surface area contributed by atoms with Gasteiger partial charge in [0.2, 0.25) is 0 Å². The number of carboxylic acids is 1. The molecule has 0 aliphatic carbocycles. The summed E-state index contributed by atoms with van der Waals surface area (Å²) in [5.74, 6) is -0.878. The second-order valence-electron chi connectivity index (χ2n) is 14.0. The van der Waals surface area contributed by atoms with Crippen LogP contribution in [0, 0.1) is 0 Å². The van der Waals surface area contributed by atoms with Crippen LogP contribution in [0.25, 0.3) is 0 Å². The zero-order valence-corrected chi connectivity index (χ0v) is 33.1. The normalized spacial score (nSPS) is 12.1. The van der Waals surface area contributed by atoms with E-state index in [-0.39, 0.29) is 42.0 Å². The van der Waals surface area contributed by atoms with Crippen LogP contribution >= 0.6 is 0 Å². The largest absolute Gasteiger partial charge is 1.00 e. The number of hydrogen-bond donors (Lipinski definition) is 0. The predicted molar refractivity (Wildman–Crippen MR) is 190 cm³/mol. The van der Waals surface area contributed by atoms with Crippen molar-refractivity contribution in [1.29, 1.82) is 0 Å². The monoisotopic (exact) mass is 630 g/mol. The van der Waals surface area contributed by atoms with E-state index in [1.807, 2.05) is 0 Å². The van der Waals surface area contributed by atoms with Crippen LogP contribution in [0.4, 0.5) is 0 Å². The van der Waals surface area contributed by atoms with E-state index in [4.69, 9.17) is 0 Å². The molecule has 0 bridgehead atoms. The fourth-order valence-electron chi connectivity index (χ4n) is 6.79. The number of carboxylic acid groups (broad SMARTS) is 1. The minimum absolute atomic E-state index is 0. The molecule has 4 heteroatoms. The zero-order valence-electron chi connectivity index (χ0n) is 31.1. The Balaban J connectivity index is 0. The molecule has 44 heavy (non-hydrogen) atoms. The minimum atomic E-state index is -0.878. The Morgan fingerprint density at radius 3 is 0.909 bits per heavy atom. The van der Waals surface area contributed by atoms with Crippen molar-refractivity contribution < 1.29 is 39.5 Å². The maximum absolute atomic E-state index is 11.5. The quantitative estimate of drug-likeness (QED) is 0.0508. The third kappa shape index (κ3) is 35.3. The molecule has 0 radical (unpaired) electrons. The summed E-state index contributed by atoms with van der Waals surface area (Å²) in [6.07, 6.45) is 43.9. The third-order valence-corrected chi connectivity index (χ3v) is 9.64. The van der Waals surface area contributed by atoms with E-state index in [1.165, 1.54) is 193 Å². The van der Waals surface area contributed by atoms with E-state index in [0.29, 0.717) is 0 Å². The Kier molecular flexibility index (Phi) is 41.9. The van der Waals surface area contributed by atoms with Crippen molar-refractivity contribution in [1.82, 2.24) is 4.90 Å². The number of aliphatic carboxylic acids is 1. The first-order valence-corrected chi connectivity index (χ1v) is 20.1. The molecule has 0 N–H and O–H groups in total. The zero-order chi connectivity index (χ0) is 31.5. The van der Waals surface area contributed by atoms with Gasteiger partial charge in [0.05, 0.1) is 0 Å². The molecule has 0 saturated heterocycles. The molecule has 1 unspecified atom stereocenters. The first-order valence-electron chi connectivity index (χ1n) is 20.1. The van der Waals surface area contributed by atoms with Crippen LogP contribution in [-0.4, -0.2) is 30.0 Å². The predicted octanol–water partition coefficient (Wildman–Crippen LogP) is 9.34. The van der Waals surface area contributed by atoms with Gasteiger partial charge in [0, 0.05) is 18.4 Å². The van der Waals surface area contributed by atoms with Gasteiger partial charge < -0.3 is 14.8 Å². The van der Waals surface area contributed by atoms with Gasteiger partial charge in [-0.1, -0.05) is 207 Å². The van der Waals surface area contributed by atoms with Crippen molar-refractivity contribution in [3.05, 3.63) is 0 Å². The molecule has 0 heterocycles. The maximum Gasteiger partial charge on any atom is 1.00 e. The molecule has 3 nitrogen and oxygen atoms in total. The summed E-state index contributed by atoms with van der Waals surface area (Å²) in [5.41, 5.74) is 0. The molecule has 0 aliphatic heterocycles. The van der Waals surface area contributed by atoms with Gasteiger partial charge in [-0.15, -0.1) is 0 Å². The Morgan fingerprint density at radius 2 is 0.682 bits per heavy atom. The molecule has 1 atom stereocenters. The van der Waals surface area contributed by atoms with Crippen molar-refractivity contribution in [2.45, 2.75) is 239 Å². The fraction of sp³-hybridized carbons (Fsp3) is 0.975. The topological polar surface area (TPSA) is 43.4 Å². The average Bonchev–Trinajstić information content (AvgIpc) is 2.99. The van der Waals surface area contributed by atoms with E-state index in [9.17, 15) is 9.90 Å². The smallest absolute Gasteiger partial charge is 0.550 e. The van der Waals surface area contributed by atoms with Crippen molar-refractivity contribution in [3.8, 4) is 0 Å². The molecular formula is C40H80NNaO2. The molecule has 0 amide bonds. The standard InChI is InChI=1S/C40H81NO2.Na/c1-4-7-9-11-13-15-17-19-21-23-25-27-29-31-33-36-41(39(35-6-3)38-40(42)43)37-34-32-30-28-26-24-22-20-18-16-14-12-10-8-5-2;/h39H,4-38H2,1-3H3,(H,42,43);/q;+1/p-1. The van der Waals surface area contributed by atoms with E-state index in [2.05, 4.69) is 25.7 Å². The van der Waals surface area contributed by atoms with Crippen molar-refractivity contribution in [3.63, 3.8) is 0 Å². The third-order valence-electron chi connectivity index (χ3n) is 9.64. The van der Waals surface area contributed by atoms with Gasteiger partial charge in [-0.3, -0.25) is 0 Å². The molecule has 0 aromatic heterocycles. The minimum Gasteiger partial charge on any atom is -0.550 e. The van der Waals surface area contributed by atoms with Gasteiger partial charge in [-0.2, -0.15) is 0 Å². The second-order valence-corrected chi connectivity index (χ2v) is 14.0. The van der Waals surface area contributed by atoms with Crippen LogP contribution in [0.5, 0.6) is 0 Å². The summed E-state index contributed by atoms with van der Waals surface area (Å²) >= 11 is 0. The van der Waals surface area contributed by atoms with Gasteiger partial charge in [0.1, 0.15) is 0 Å². The molecule has 0 rings (SSSR count). The van der Waals surface area contributed by atoms with Gasteiger partial charge >= 0.3 is 29.6 Å². The Labute approximate surface area is 300 Å². The van der Waals surface area contributed by atoms with Gasteiger partial charge in [0.25, 0.3) is 0 Å². The van der Waals surface area contributed by atoms with Gasteiger partial charge in [-0.05, 0) is 32.4 Å². The number of hydrogen-bond acceptors (Lipinski definition) is 3. The van der Waals surface area contributed by atoms with Crippen molar-refractivity contribution in [2.24, 2.45) is 0 Å². The molecule has 258 valence electrons. The first kappa shape index (κ1) is 46.5. The van der Waals surface area contributed by atoms with Crippen molar-refractivity contribution >= 4 is 5.97 Å². The van der Waals surface area contributed by atoms with E-state index in [1.54, 1.807) is 0 Å². The number of carbonyl (C=O) groups excluding carboxylic acids is 1. The van der Waals surface area contributed by atoms with E-state index >= 15 is 0 Å². The summed E-state index contributed by atoms with van der Waals surface area (Å²) in [6.45, 7) is 8.89. The average molecular weight is 630 g/mol. The molecule has 0 aromatic rings. The number of rotatable bonds is 37. The van der Waals surface area contributed by atoms with Crippen LogP contribution in [0.1, 0.15) is 233 Å². The summed E-state index contributed by atoms with van der Waals surface area (Å²) in [4.78, 5) is 14.0. The number of carbonyl (C=O) groups is 1. The summed E-state index contributed by atoms with van der Waals surface area (Å²) in [5, 5.41) is 11.5. The summed E-state index contributed by atoms with van der Waals surface area (Å²) in [7, 11) is 0. The van der Waals surface area contributed by atoms with Crippen LogP contribution in [0.3, 0.4) is 0 Å². The SMILES string of the molecule is CCCCCCCCCCCCCCCCCN(CCCCCCCCCCCCCCCCC)C(CCC)CC(=O)[O-].[Na+]. The second kappa shape index (κ2) is 39.6. The molecule has 0 spiro atoms. The molecule has 0 aromatic carbocycles. The van der Waals surface area contributed by atoms with Crippen LogP contribution < -0.4 is 34.7 Å². The van der Waals surface area contributed by atoms with Gasteiger partial charge in [0.15, 0.2) is 0 Å². The first-order chi connectivity index (χ1) is 21.2. The Bertz CT molecular complexity index is 509. The van der Waals surface area contributed by atoms with Gasteiger partial charge in [-0.25, -0.2) is 0 Å². The van der Waals surface area contributed by atoms with Crippen LogP contribution in [0.15, 0.2) is 0 Å². The summed E-state index contributed by atoms with van der Waals surface area (Å²) < 4.78 is 0. The molecule has 0 aliphatic rings. The molecule has 0 saturated carbocycles. The number of nitrogens with zero attached hydrogens (tertiary/aromatic N) is 1. The summed E-state index contributed by atoms with van der Waals surface area (Å²) in [6, 6.07) is 0.160. The van der Waals surface area contributed by atoms with Crippen LogP contribution in [0.2, 0.25) is 0 Å². The number of unbranched alkanes of at least 4 members (excludes halogenated alkanes) is 28. The fourth-order valence-corrected chi connectivity index (χ4v) is 6.79. The van der Waals surface area contributed by atoms with E-state index in [0.717, 1.165) is 25.9 Å². The maximum atomic E-state index is 11.5. The molecule has 0 fully saturated rings. The van der Waals surface area contributed by atoms with E-state index < -0.39 is 5.97 Å². The Morgan fingerprint density at radius 1 is 0.432 bits per heavy atom.